The molecule has 1 saturated heterocycles. The molecule has 3 aromatic rings. The maximum atomic E-state index is 13.5. The van der Waals surface area contributed by atoms with Crippen molar-refractivity contribution in [3.63, 3.8) is 0 Å². The van der Waals surface area contributed by atoms with Gasteiger partial charge in [-0.3, -0.25) is 14.2 Å². The number of aromatic nitrogens is 2. The Morgan fingerprint density at radius 1 is 1.12 bits per heavy atom. The Labute approximate surface area is 208 Å². The van der Waals surface area contributed by atoms with Crippen LogP contribution in [0.4, 0.5) is 0 Å². The number of fused-ring (bicyclic) bond motifs is 1. The van der Waals surface area contributed by atoms with Crippen molar-refractivity contribution < 1.29 is 9.53 Å². The summed E-state index contributed by atoms with van der Waals surface area (Å²) in [6, 6.07) is 13.1. The Kier molecular flexibility index (Phi) is 7.23. The van der Waals surface area contributed by atoms with Crippen LogP contribution in [-0.2, 0) is 17.0 Å². The first-order chi connectivity index (χ1) is 16.6. The van der Waals surface area contributed by atoms with Crippen LogP contribution >= 0.6 is 23.4 Å². The van der Waals surface area contributed by atoms with Gasteiger partial charge in [0.15, 0.2) is 5.16 Å². The van der Waals surface area contributed by atoms with E-state index in [-0.39, 0.29) is 23.6 Å². The van der Waals surface area contributed by atoms with E-state index in [0.717, 1.165) is 50.7 Å². The van der Waals surface area contributed by atoms with Gasteiger partial charge in [-0.15, -0.1) is 0 Å². The van der Waals surface area contributed by atoms with Crippen LogP contribution in [0, 0.1) is 0 Å². The van der Waals surface area contributed by atoms with Crippen LogP contribution in [0.3, 0.4) is 0 Å². The molecule has 2 heterocycles. The Bertz CT molecular complexity index is 1230. The van der Waals surface area contributed by atoms with E-state index in [1.54, 1.807) is 22.8 Å². The van der Waals surface area contributed by atoms with Gasteiger partial charge in [0.1, 0.15) is 0 Å². The third-order valence-electron chi connectivity index (χ3n) is 6.56. The summed E-state index contributed by atoms with van der Waals surface area (Å²) in [5.74, 6) is 0.553. The maximum absolute atomic E-state index is 13.5. The highest BCUT2D eigenvalue weighted by Crippen LogP contribution is 2.25. The van der Waals surface area contributed by atoms with E-state index in [4.69, 9.17) is 21.3 Å². The van der Waals surface area contributed by atoms with Gasteiger partial charge in [-0.25, -0.2) is 4.98 Å². The Hall–Kier alpha value is -2.35. The zero-order valence-electron chi connectivity index (χ0n) is 19.0. The molecular formula is C26H28ClN3O3S. The van der Waals surface area contributed by atoms with Crippen molar-refractivity contribution in [2.75, 3.05) is 6.61 Å². The molecule has 0 radical (unpaired) electrons. The van der Waals surface area contributed by atoms with Crippen molar-refractivity contribution >= 4 is 40.2 Å². The van der Waals surface area contributed by atoms with E-state index in [2.05, 4.69) is 5.32 Å². The van der Waals surface area contributed by atoms with Crippen molar-refractivity contribution in [2.24, 2.45) is 0 Å². The van der Waals surface area contributed by atoms with Gasteiger partial charge in [-0.1, -0.05) is 48.3 Å². The molecule has 6 nitrogen and oxygen atoms in total. The third kappa shape index (κ3) is 5.32. The van der Waals surface area contributed by atoms with Gasteiger partial charge in [0.25, 0.3) is 11.5 Å². The molecule has 34 heavy (non-hydrogen) atoms. The highest BCUT2D eigenvalue weighted by atomic mass is 35.5. The van der Waals surface area contributed by atoms with Gasteiger partial charge in [0, 0.05) is 29.0 Å². The van der Waals surface area contributed by atoms with Crippen molar-refractivity contribution in [1.29, 1.82) is 0 Å². The number of nitrogens with zero attached hydrogens (tertiary/aromatic N) is 2. The second-order valence-electron chi connectivity index (χ2n) is 9.05. The average Bonchev–Trinajstić information content (AvgIpc) is 3.55. The molecule has 8 heteroatoms. The topological polar surface area (TPSA) is 73.2 Å². The fraction of sp³-hybridized carbons (Fsp3) is 0.423. The molecule has 0 unspecified atom stereocenters. The minimum atomic E-state index is -0.102. The van der Waals surface area contributed by atoms with Crippen LogP contribution in [0.15, 0.2) is 52.4 Å². The van der Waals surface area contributed by atoms with Gasteiger partial charge in [-0.2, -0.15) is 0 Å². The number of benzene rings is 2. The van der Waals surface area contributed by atoms with Crippen LogP contribution < -0.4 is 10.9 Å². The van der Waals surface area contributed by atoms with Crippen molar-refractivity contribution in [1.82, 2.24) is 14.9 Å². The fourth-order valence-electron chi connectivity index (χ4n) is 4.67. The summed E-state index contributed by atoms with van der Waals surface area (Å²) < 4.78 is 7.54. The third-order valence-corrected chi connectivity index (χ3v) is 7.86. The van der Waals surface area contributed by atoms with Gasteiger partial charge < -0.3 is 10.1 Å². The standard InChI is InChI=1S/C26H28ClN3O3S/c27-19-10-7-17(8-11-19)16-34-26-29-23-14-18(24(31)28-20-4-1-2-5-20)9-12-22(23)25(32)30(26)15-21-6-3-13-33-21/h7-12,14,20-21H,1-6,13,15-16H2,(H,28,31)/t21-/m1/s1. The first-order valence-corrected chi connectivity index (χ1v) is 13.3. The number of rotatable bonds is 7. The number of ether oxygens (including phenoxy) is 1. The first kappa shape index (κ1) is 23.4. The Morgan fingerprint density at radius 3 is 2.65 bits per heavy atom. The summed E-state index contributed by atoms with van der Waals surface area (Å²) in [5, 5.41) is 4.96. The molecule has 178 valence electrons. The highest BCUT2D eigenvalue weighted by Gasteiger charge is 2.22. The lowest BCUT2D eigenvalue weighted by atomic mass is 10.1. The number of amides is 1. The van der Waals surface area contributed by atoms with E-state index in [9.17, 15) is 9.59 Å². The number of nitrogens with one attached hydrogen (secondary N) is 1. The number of carbonyl (C=O) groups excluding carboxylic acids is 1. The van der Waals surface area contributed by atoms with Crippen LogP contribution in [0.1, 0.15) is 54.4 Å². The molecule has 1 aliphatic carbocycles. The van der Waals surface area contributed by atoms with Crippen LogP contribution in [0.25, 0.3) is 10.9 Å². The molecular weight excluding hydrogens is 470 g/mol. The van der Waals surface area contributed by atoms with Crippen LogP contribution in [0.2, 0.25) is 5.02 Å². The SMILES string of the molecule is O=C(NC1CCCC1)c1ccc2c(=O)n(C[C@H]3CCCO3)c(SCc3ccc(Cl)cc3)nc2c1. The molecule has 1 N–H and O–H groups in total. The second kappa shape index (κ2) is 10.5. The second-order valence-corrected chi connectivity index (χ2v) is 10.4. The normalized spacial score (nSPS) is 18.6. The van der Waals surface area contributed by atoms with Gasteiger partial charge in [0.2, 0.25) is 0 Å². The van der Waals surface area contributed by atoms with E-state index < -0.39 is 0 Å². The summed E-state index contributed by atoms with van der Waals surface area (Å²) in [4.78, 5) is 31.1. The van der Waals surface area contributed by atoms with Crippen molar-refractivity contribution in [3.05, 3.63) is 69.0 Å². The average molecular weight is 498 g/mol. The maximum Gasteiger partial charge on any atom is 0.262 e. The summed E-state index contributed by atoms with van der Waals surface area (Å²) in [6.45, 7) is 1.21. The molecule has 2 aliphatic rings. The molecule has 2 fully saturated rings. The number of halogens is 1. The minimum Gasteiger partial charge on any atom is -0.376 e. The largest absolute Gasteiger partial charge is 0.376 e. The molecule has 1 saturated carbocycles. The molecule has 0 bridgehead atoms. The predicted octanol–water partition coefficient (Wildman–Crippen LogP) is 5.19. The van der Waals surface area contributed by atoms with E-state index in [0.29, 0.717) is 38.9 Å². The van der Waals surface area contributed by atoms with E-state index in [1.165, 1.54) is 11.8 Å². The van der Waals surface area contributed by atoms with Crippen molar-refractivity contribution in [3.8, 4) is 0 Å². The molecule has 5 rings (SSSR count). The molecule has 1 aromatic heterocycles. The van der Waals surface area contributed by atoms with Crippen molar-refractivity contribution in [2.45, 2.75) is 68.1 Å². The monoisotopic (exact) mass is 497 g/mol. The minimum absolute atomic E-state index is 0.0169. The number of hydrogen-bond donors (Lipinski definition) is 1. The zero-order valence-corrected chi connectivity index (χ0v) is 20.5. The summed E-state index contributed by atoms with van der Waals surface area (Å²) in [7, 11) is 0. The number of carbonyl (C=O) groups is 1. The first-order valence-electron chi connectivity index (χ1n) is 11.9. The number of hydrogen-bond acceptors (Lipinski definition) is 5. The molecule has 2 aromatic carbocycles. The van der Waals surface area contributed by atoms with Crippen LogP contribution in [0.5, 0.6) is 0 Å². The Morgan fingerprint density at radius 2 is 1.91 bits per heavy atom. The summed E-state index contributed by atoms with van der Waals surface area (Å²) in [6.07, 6.45) is 6.32. The molecule has 0 spiro atoms. The predicted molar refractivity (Wildman–Crippen MR) is 136 cm³/mol. The summed E-state index contributed by atoms with van der Waals surface area (Å²) >= 11 is 7.53. The zero-order chi connectivity index (χ0) is 23.5. The number of thioether (sulfide) groups is 1. The lowest BCUT2D eigenvalue weighted by Crippen LogP contribution is -2.32. The van der Waals surface area contributed by atoms with Crippen LogP contribution in [-0.4, -0.2) is 34.2 Å². The highest BCUT2D eigenvalue weighted by molar-refractivity contribution is 7.98. The molecule has 1 atom stereocenters. The van der Waals surface area contributed by atoms with Gasteiger partial charge in [-0.05, 0) is 61.6 Å². The Balaban J connectivity index is 1.46. The van der Waals surface area contributed by atoms with E-state index in [1.807, 2.05) is 24.3 Å². The van der Waals surface area contributed by atoms with E-state index >= 15 is 0 Å². The van der Waals surface area contributed by atoms with Gasteiger partial charge >= 0.3 is 0 Å². The smallest absolute Gasteiger partial charge is 0.262 e. The molecule has 1 amide bonds. The molecule has 1 aliphatic heterocycles. The summed E-state index contributed by atoms with van der Waals surface area (Å²) in [5.41, 5.74) is 2.09. The lowest BCUT2D eigenvalue weighted by Gasteiger charge is -2.17. The quantitative estimate of drug-likeness (QED) is 0.359. The lowest BCUT2D eigenvalue weighted by molar-refractivity contribution is 0.0935. The fourth-order valence-corrected chi connectivity index (χ4v) is 5.76. The van der Waals surface area contributed by atoms with Gasteiger partial charge in [0.05, 0.1) is 23.6 Å².